The van der Waals surface area contributed by atoms with Crippen LogP contribution in [0.5, 0.6) is 0 Å². The van der Waals surface area contributed by atoms with Crippen LogP contribution in [0.2, 0.25) is 19.6 Å². The van der Waals surface area contributed by atoms with Gasteiger partial charge < -0.3 is 4.74 Å². The molecule has 0 fully saturated rings. The van der Waals surface area contributed by atoms with Gasteiger partial charge in [-0.3, -0.25) is 10.1 Å². The molecule has 5 nitrogen and oxygen atoms in total. The smallest absolute Gasteiger partial charge is 0.339 e. The second-order valence-electron chi connectivity index (χ2n) is 5.68. The lowest BCUT2D eigenvalue weighted by atomic mass is 10.0. The molecule has 0 aliphatic rings. The zero-order valence-electron chi connectivity index (χ0n) is 12.9. The lowest BCUT2D eigenvalue weighted by molar-refractivity contribution is -0.385. The predicted octanol–water partition coefficient (Wildman–Crippen LogP) is 3.31. The summed E-state index contributed by atoms with van der Waals surface area (Å²) in [7, 11) is -1.72. The summed E-state index contributed by atoms with van der Waals surface area (Å²) in [6.45, 7) is 9.70. The van der Waals surface area contributed by atoms with Crippen LogP contribution in [0.1, 0.15) is 28.4 Å². The van der Waals surface area contributed by atoms with Gasteiger partial charge >= 0.3 is 5.97 Å². The van der Waals surface area contributed by atoms with Crippen LogP contribution in [0.15, 0.2) is 12.1 Å². The Morgan fingerprint density at radius 1 is 1.38 bits per heavy atom. The molecule has 0 heterocycles. The van der Waals surface area contributed by atoms with Crippen LogP contribution in [-0.4, -0.2) is 25.6 Å². The highest BCUT2D eigenvalue weighted by Crippen LogP contribution is 2.25. The van der Waals surface area contributed by atoms with E-state index in [1.807, 2.05) is 19.6 Å². The summed E-state index contributed by atoms with van der Waals surface area (Å²) < 4.78 is 4.97. The van der Waals surface area contributed by atoms with E-state index < -0.39 is 19.0 Å². The summed E-state index contributed by atoms with van der Waals surface area (Å²) in [6, 6.07) is 3.01. The summed E-state index contributed by atoms with van der Waals surface area (Å²) in [5.74, 6) is 2.26. The van der Waals surface area contributed by atoms with Gasteiger partial charge in [-0.05, 0) is 25.5 Å². The Bertz CT molecular complexity index is 636. The van der Waals surface area contributed by atoms with Crippen molar-refractivity contribution in [2.24, 2.45) is 0 Å². The first-order chi connectivity index (χ1) is 9.65. The number of aryl methyl sites for hydroxylation is 1. The summed E-state index contributed by atoms with van der Waals surface area (Å²) in [5, 5.41) is 11.2. The molecule has 0 atom stereocenters. The molecule has 1 rings (SSSR count). The van der Waals surface area contributed by atoms with Crippen LogP contribution in [0, 0.1) is 28.5 Å². The van der Waals surface area contributed by atoms with E-state index in [9.17, 15) is 14.9 Å². The second-order valence-corrected chi connectivity index (χ2v) is 10.4. The molecular formula is C15H19NO4Si. The average molecular weight is 305 g/mol. The molecule has 0 aromatic heterocycles. The number of esters is 1. The molecule has 0 saturated heterocycles. The van der Waals surface area contributed by atoms with Crippen molar-refractivity contribution in [3.8, 4) is 11.5 Å². The molecule has 112 valence electrons. The molecule has 0 bridgehead atoms. The minimum atomic E-state index is -1.72. The number of nitro groups is 1. The minimum Gasteiger partial charge on any atom is -0.462 e. The van der Waals surface area contributed by atoms with Gasteiger partial charge in [0.15, 0.2) is 0 Å². The number of rotatable bonds is 3. The Labute approximate surface area is 125 Å². The fourth-order valence-corrected chi connectivity index (χ4v) is 2.16. The number of ether oxygens (including phenoxy) is 1. The van der Waals surface area contributed by atoms with E-state index in [2.05, 4.69) is 11.5 Å². The Morgan fingerprint density at radius 2 is 2.00 bits per heavy atom. The minimum absolute atomic E-state index is 0.145. The van der Waals surface area contributed by atoms with Gasteiger partial charge in [-0.15, -0.1) is 5.54 Å². The topological polar surface area (TPSA) is 69.4 Å². The summed E-state index contributed by atoms with van der Waals surface area (Å²) in [4.78, 5) is 22.7. The molecule has 1 aromatic carbocycles. The third kappa shape index (κ3) is 4.72. The lowest BCUT2D eigenvalue weighted by Gasteiger charge is -2.08. The molecule has 0 radical (unpaired) electrons. The third-order valence-electron chi connectivity index (χ3n) is 2.52. The van der Waals surface area contributed by atoms with Gasteiger partial charge in [0.2, 0.25) is 0 Å². The van der Waals surface area contributed by atoms with E-state index in [0.717, 1.165) is 0 Å². The lowest BCUT2D eigenvalue weighted by Crippen LogP contribution is -2.17. The number of hydrogen-bond acceptors (Lipinski definition) is 4. The van der Waals surface area contributed by atoms with Crippen molar-refractivity contribution in [1.82, 2.24) is 0 Å². The van der Waals surface area contributed by atoms with E-state index in [1.54, 1.807) is 19.9 Å². The zero-order chi connectivity index (χ0) is 16.2. The van der Waals surface area contributed by atoms with E-state index in [0.29, 0.717) is 5.56 Å². The SMILES string of the molecule is CCOC(=O)c1cc(C)cc([N+](=O)[O-])c1C#C[Si](C)(C)C. The fourth-order valence-electron chi connectivity index (χ4n) is 1.66. The normalized spacial score (nSPS) is 10.5. The monoisotopic (exact) mass is 305 g/mol. The van der Waals surface area contributed by atoms with Crippen LogP contribution in [0.3, 0.4) is 0 Å². The van der Waals surface area contributed by atoms with Crippen molar-refractivity contribution in [1.29, 1.82) is 0 Å². The number of hydrogen-bond donors (Lipinski definition) is 0. The van der Waals surface area contributed by atoms with Gasteiger partial charge in [-0.2, -0.15) is 0 Å². The van der Waals surface area contributed by atoms with Gasteiger partial charge in [-0.25, -0.2) is 4.79 Å². The van der Waals surface area contributed by atoms with Crippen molar-refractivity contribution >= 4 is 19.7 Å². The number of nitrogens with zero attached hydrogens (tertiary/aromatic N) is 1. The summed E-state index contributed by atoms with van der Waals surface area (Å²) >= 11 is 0. The highest BCUT2D eigenvalue weighted by molar-refractivity contribution is 6.83. The maximum absolute atomic E-state index is 12.0. The van der Waals surface area contributed by atoms with Crippen LogP contribution in [0.25, 0.3) is 0 Å². The molecule has 0 saturated carbocycles. The van der Waals surface area contributed by atoms with E-state index in [4.69, 9.17) is 4.74 Å². The molecule has 0 spiro atoms. The molecule has 0 N–H and O–H groups in total. The molecule has 21 heavy (non-hydrogen) atoms. The highest BCUT2D eigenvalue weighted by atomic mass is 28.3. The summed E-state index contributed by atoms with van der Waals surface area (Å²) in [6.07, 6.45) is 0. The Kier molecular flexibility index (Phi) is 5.27. The van der Waals surface area contributed by atoms with Crippen LogP contribution < -0.4 is 0 Å². The predicted molar refractivity (Wildman–Crippen MR) is 84.0 cm³/mol. The number of benzene rings is 1. The Hall–Kier alpha value is -2.13. The molecule has 0 aliphatic carbocycles. The van der Waals surface area contributed by atoms with Crippen molar-refractivity contribution in [2.45, 2.75) is 33.5 Å². The largest absolute Gasteiger partial charge is 0.462 e. The van der Waals surface area contributed by atoms with Crippen molar-refractivity contribution < 1.29 is 14.5 Å². The maximum atomic E-state index is 12.0. The first kappa shape index (κ1) is 16.9. The molecule has 0 unspecified atom stereocenters. The number of carbonyl (C=O) groups excluding carboxylic acids is 1. The Balaban J connectivity index is 3.57. The van der Waals surface area contributed by atoms with Gasteiger partial charge in [0.25, 0.3) is 5.69 Å². The number of carbonyl (C=O) groups is 1. The second kappa shape index (κ2) is 6.55. The fraction of sp³-hybridized carbons (Fsp3) is 0.400. The van der Waals surface area contributed by atoms with Gasteiger partial charge in [0, 0.05) is 6.07 Å². The van der Waals surface area contributed by atoms with Gasteiger partial charge in [0.05, 0.1) is 17.1 Å². The van der Waals surface area contributed by atoms with Crippen molar-refractivity contribution in [2.75, 3.05) is 6.61 Å². The molecule has 6 heteroatoms. The average Bonchev–Trinajstić information content (AvgIpc) is 2.35. The highest BCUT2D eigenvalue weighted by Gasteiger charge is 2.23. The standard InChI is InChI=1S/C15H19NO4Si/c1-6-20-15(17)13-9-11(2)10-14(16(18)19)12(13)7-8-21(3,4)5/h9-10H,6H2,1-5H3. The summed E-state index contributed by atoms with van der Waals surface area (Å²) in [5.41, 5.74) is 3.85. The quantitative estimate of drug-likeness (QED) is 0.282. The molecule has 0 aliphatic heterocycles. The van der Waals surface area contributed by atoms with Gasteiger partial charge in [-0.1, -0.05) is 25.6 Å². The first-order valence-corrected chi connectivity index (χ1v) is 10.1. The number of nitro benzene ring substituents is 1. The molecule has 0 amide bonds. The van der Waals surface area contributed by atoms with E-state index >= 15 is 0 Å². The van der Waals surface area contributed by atoms with Gasteiger partial charge in [0.1, 0.15) is 13.6 Å². The van der Waals surface area contributed by atoms with Crippen LogP contribution in [0.4, 0.5) is 5.69 Å². The van der Waals surface area contributed by atoms with Crippen molar-refractivity contribution in [3.05, 3.63) is 38.9 Å². The van der Waals surface area contributed by atoms with Crippen LogP contribution in [-0.2, 0) is 4.74 Å². The van der Waals surface area contributed by atoms with E-state index in [1.165, 1.54) is 6.07 Å². The van der Waals surface area contributed by atoms with Crippen LogP contribution >= 0.6 is 0 Å². The zero-order valence-corrected chi connectivity index (χ0v) is 13.9. The van der Waals surface area contributed by atoms with E-state index in [-0.39, 0.29) is 23.4 Å². The first-order valence-electron chi connectivity index (χ1n) is 6.65. The Morgan fingerprint density at radius 3 is 2.48 bits per heavy atom. The molecular weight excluding hydrogens is 286 g/mol. The maximum Gasteiger partial charge on any atom is 0.339 e. The third-order valence-corrected chi connectivity index (χ3v) is 3.39. The molecule has 1 aromatic rings. The van der Waals surface area contributed by atoms with Crippen molar-refractivity contribution in [3.63, 3.8) is 0 Å².